The molecule has 0 fully saturated rings. The maximum Gasteiger partial charge on any atom is 0.130 e. The molecule has 19 heavy (non-hydrogen) atoms. The van der Waals surface area contributed by atoms with Crippen molar-refractivity contribution in [2.45, 2.75) is 32.6 Å². The van der Waals surface area contributed by atoms with Crippen molar-refractivity contribution in [3.63, 3.8) is 0 Å². The van der Waals surface area contributed by atoms with Gasteiger partial charge in [-0.3, -0.25) is 0 Å². The van der Waals surface area contributed by atoms with Crippen molar-refractivity contribution >= 4 is 27.4 Å². The Hall–Kier alpha value is -1.35. The van der Waals surface area contributed by atoms with E-state index in [-0.39, 0.29) is 0 Å². The van der Waals surface area contributed by atoms with Gasteiger partial charge in [0.2, 0.25) is 0 Å². The molecule has 1 aromatic heterocycles. The standard InChI is InChI=1S/C16H17BrN2/c1-11-8-16(18-10-15(11)17)19-14-7-6-12-4-2-3-5-13(12)9-14/h6-10H,2-5H2,1H3,(H,18,19). The van der Waals surface area contributed by atoms with Crippen molar-refractivity contribution in [1.82, 2.24) is 4.98 Å². The summed E-state index contributed by atoms with van der Waals surface area (Å²) in [4.78, 5) is 4.39. The number of nitrogens with one attached hydrogen (secondary N) is 1. The van der Waals surface area contributed by atoms with Gasteiger partial charge in [0.25, 0.3) is 0 Å². The maximum absolute atomic E-state index is 4.39. The van der Waals surface area contributed by atoms with Crippen LogP contribution in [0.2, 0.25) is 0 Å². The first kappa shape index (κ1) is 12.7. The number of nitrogens with zero attached hydrogens (tertiary/aromatic N) is 1. The van der Waals surface area contributed by atoms with Gasteiger partial charge >= 0.3 is 0 Å². The van der Waals surface area contributed by atoms with Gasteiger partial charge in [-0.2, -0.15) is 0 Å². The van der Waals surface area contributed by atoms with Crippen LogP contribution in [0.4, 0.5) is 11.5 Å². The first-order chi connectivity index (χ1) is 9.22. The van der Waals surface area contributed by atoms with Gasteiger partial charge in [0.1, 0.15) is 5.82 Å². The van der Waals surface area contributed by atoms with Crippen LogP contribution in [0.1, 0.15) is 29.5 Å². The predicted molar refractivity (Wildman–Crippen MR) is 83.0 cm³/mol. The lowest BCUT2D eigenvalue weighted by atomic mass is 9.91. The number of hydrogen-bond donors (Lipinski definition) is 1. The summed E-state index contributed by atoms with van der Waals surface area (Å²) in [6.45, 7) is 2.07. The number of hydrogen-bond acceptors (Lipinski definition) is 2. The van der Waals surface area contributed by atoms with Crippen LogP contribution in [-0.4, -0.2) is 4.98 Å². The summed E-state index contributed by atoms with van der Waals surface area (Å²) in [6.07, 6.45) is 6.91. The second kappa shape index (κ2) is 5.33. The zero-order chi connectivity index (χ0) is 13.2. The fourth-order valence-corrected chi connectivity index (χ4v) is 2.78. The van der Waals surface area contributed by atoms with E-state index >= 15 is 0 Å². The van der Waals surface area contributed by atoms with Gasteiger partial charge in [0.05, 0.1) is 0 Å². The Morgan fingerprint density at radius 1 is 1.11 bits per heavy atom. The van der Waals surface area contributed by atoms with Crippen LogP contribution in [0.25, 0.3) is 0 Å². The minimum atomic E-state index is 0.899. The van der Waals surface area contributed by atoms with Gasteiger partial charge in [-0.25, -0.2) is 4.98 Å². The van der Waals surface area contributed by atoms with Crippen molar-refractivity contribution in [3.05, 3.63) is 51.6 Å². The predicted octanol–water partition coefficient (Wildman–Crippen LogP) is 4.77. The maximum atomic E-state index is 4.39. The number of aromatic nitrogens is 1. The van der Waals surface area contributed by atoms with E-state index in [4.69, 9.17) is 0 Å². The third-order valence-corrected chi connectivity index (χ3v) is 4.50. The average Bonchev–Trinajstić information content (AvgIpc) is 2.43. The highest BCUT2D eigenvalue weighted by Crippen LogP contribution is 2.26. The van der Waals surface area contributed by atoms with E-state index in [2.05, 4.69) is 57.4 Å². The molecular weight excluding hydrogens is 300 g/mol. The Morgan fingerprint density at radius 2 is 1.89 bits per heavy atom. The van der Waals surface area contributed by atoms with Gasteiger partial charge in [-0.05, 0) is 83.4 Å². The Balaban J connectivity index is 1.84. The first-order valence-corrected chi connectivity index (χ1v) is 7.52. The third-order valence-electron chi connectivity index (χ3n) is 3.67. The summed E-state index contributed by atoms with van der Waals surface area (Å²) >= 11 is 3.47. The van der Waals surface area contributed by atoms with Crippen LogP contribution in [0, 0.1) is 6.92 Å². The van der Waals surface area contributed by atoms with E-state index in [0.29, 0.717) is 0 Å². The normalized spacial score (nSPS) is 14.0. The van der Waals surface area contributed by atoms with E-state index in [9.17, 15) is 0 Å². The Kier molecular flexibility index (Phi) is 3.56. The Bertz CT molecular complexity index is 608. The number of aryl methyl sites for hydroxylation is 3. The molecule has 0 radical (unpaired) electrons. The van der Waals surface area contributed by atoms with Gasteiger partial charge in [0.15, 0.2) is 0 Å². The highest BCUT2D eigenvalue weighted by Gasteiger charge is 2.09. The third kappa shape index (κ3) is 2.81. The topological polar surface area (TPSA) is 24.9 Å². The molecule has 3 heteroatoms. The lowest BCUT2D eigenvalue weighted by Gasteiger charge is -2.17. The van der Waals surface area contributed by atoms with Gasteiger partial charge in [0, 0.05) is 16.4 Å². The lowest BCUT2D eigenvalue weighted by Crippen LogP contribution is -2.03. The second-order valence-corrected chi connectivity index (χ2v) is 5.99. The van der Waals surface area contributed by atoms with Gasteiger partial charge in [-0.1, -0.05) is 6.07 Å². The summed E-state index contributed by atoms with van der Waals surface area (Å²) in [7, 11) is 0. The summed E-state index contributed by atoms with van der Waals surface area (Å²) in [5.74, 6) is 0.899. The van der Waals surface area contributed by atoms with E-state index < -0.39 is 0 Å². The first-order valence-electron chi connectivity index (χ1n) is 6.73. The molecule has 0 bridgehead atoms. The number of fused-ring (bicyclic) bond motifs is 1. The number of pyridine rings is 1. The molecule has 0 saturated carbocycles. The SMILES string of the molecule is Cc1cc(Nc2ccc3c(c2)CCCC3)ncc1Br. The van der Waals surface area contributed by atoms with Crippen molar-refractivity contribution < 1.29 is 0 Å². The summed E-state index contributed by atoms with van der Waals surface area (Å²) in [5, 5.41) is 3.39. The van der Waals surface area contributed by atoms with Crippen LogP contribution in [0.5, 0.6) is 0 Å². The number of anilines is 2. The van der Waals surface area contributed by atoms with Crippen LogP contribution < -0.4 is 5.32 Å². The highest BCUT2D eigenvalue weighted by atomic mass is 79.9. The van der Waals surface area contributed by atoms with Crippen LogP contribution in [0.3, 0.4) is 0 Å². The molecule has 0 atom stereocenters. The molecule has 0 unspecified atom stereocenters. The fourth-order valence-electron chi connectivity index (χ4n) is 2.57. The molecule has 0 spiro atoms. The zero-order valence-corrected chi connectivity index (χ0v) is 12.6. The summed E-state index contributed by atoms with van der Waals surface area (Å²) in [5.41, 5.74) is 5.33. The molecule has 1 aliphatic rings. The Morgan fingerprint density at radius 3 is 2.68 bits per heavy atom. The molecule has 1 heterocycles. The number of halogens is 1. The van der Waals surface area contributed by atoms with E-state index in [1.807, 2.05) is 6.20 Å². The average molecular weight is 317 g/mol. The fraction of sp³-hybridized carbons (Fsp3) is 0.312. The molecule has 3 rings (SSSR count). The summed E-state index contributed by atoms with van der Waals surface area (Å²) < 4.78 is 1.04. The molecule has 1 aliphatic carbocycles. The summed E-state index contributed by atoms with van der Waals surface area (Å²) in [6, 6.07) is 8.74. The van der Waals surface area contributed by atoms with Crippen molar-refractivity contribution in [2.24, 2.45) is 0 Å². The molecule has 0 amide bonds. The molecule has 98 valence electrons. The van der Waals surface area contributed by atoms with Gasteiger partial charge in [-0.15, -0.1) is 0 Å². The van der Waals surface area contributed by atoms with Crippen LogP contribution >= 0.6 is 15.9 Å². The molecule has 0 saturated heterocycles. The zero-order valence-electron chi connectivity index (χ0n) is 11.0. The molecule has 2 nitrogen and oxygen atoms in total. The van der Waals surface area contributed by atoms with E-state index in [0.717, 1.165) is 16.0 Å². The molecule has 1 aromatic carbocycles. The molecule has 1 N–H and O–H groups in total. The number of rotatable bonds is 2. The monoisotopic (exact) mass is 316 g/mol. The molecular formula is C16H17BrN2. The lowest BCUT2D eigenvalue weighted by molar-refractivity contribution is 0.686. The second-order valence-electron chi connectivity index (χ2n) is 5.13. The minimum absolute atomic E-state index is 0.899. The highest BCUT2D eigenvalue weighted by molar-refractivity contribution is 9.10. The molecule has 2 aromatic rings. The van der Waals surface area contributed by atoms with Crippen molar-refractivity contribution in [3.8, 4) is 0 Å². The van der Waals surface area contributed by atoms with E-state index in [1.165, 1.54) is 42.4 Å². The van der Waals surface area contributed by atoms with Gasteiger partial charge < -0.3 is 5.32 Å². The van der Waals surface area contributed by atoms with Crippen LogP contribution in [-0.2, 0) is 12.8 Å². The number of benzene rings is 1. The quantitative estimate of drug-likeness (QED) is 0.862. The smallest absolute Gasteiger partial charge is 0.130 e. The largest absolute Gasteiger partial charge is 0.340 e. The molecule has 0 aliphatic heterocycles. The van der Waals surface area contributed by atoms with Crippen LogP contribution in [0.15, 0.2) is 34.9 Å². The van der Waals surface area contributed by atoms with E-state index in [1.54, 1.807) is 0 Å². The minimum Gasteiger partial charge on any atom is -0.340 e. The van der Waals surface area contributed by atoms with Crippen molar-refractivity contribution in [2.75, 3.05) is 5.32 Å². The Labute approximate surface area is 122 Å². The van der Waals surface area contributed by atoms with Crippen molar-refractivity contribution in [1.29, 1.82) is 0 Å².